The smallest absolute Gasteiger partial charge is 0.341 e. The number of benzene rings is 1. The number of sulfone groups is 1. The quantitative estimate of drug-likeness (QED) is 0.803. The van der Waals surface area contributed by atoms with Crippen molar-refractivity contribution in [1.82, 2.24) is 4.90 Å². The highest BCUT2D eigenvalue weighted by molar-refractivity contribution is 7.91. The van der Waals surface area contributed by atoms with Gasteiger partial charge in [0.1, 0.15) is 0 Å². The van der Waals surface area contributed by atoms with Crippen molar-refractivity contribution in [3.8, 4) is 0 Å². The standard InChI is InChI=1S/C14H18F2N2O4S/c15-14(16)23(21,22)12-6-2-1-5-11(12)17-13(20)8-18-7-3-4-10(18)9-19/h1-2,5-6,10,14,19H,3-4,7-9H2,(H,17,20)/t10-/m0/s1. The molecule has 2 rings (SSSR count). The monoisotopic (exact) mass is 348 g/mol. The van der Waals surface area contributed by atoms with E-state index in [4.69, 9.17) is 0 Å². The fraction of sp³-hybridized carbons (Fsp3) is 0.500. The minimum Gasteiger partial charge on any atom is -0.395 e. The first-order valence-electron chi connectivity index (χ1n) is 7.12. The molecule has 9 heteroatoms. The van der Waals surface area contributed by atoms with Gasteiger partial charge in [-0.15, -0.1) is 0 Å². The normalized spacial score (nSPS) is 19.2. The van der Waals surface area contributed by atoms with Crippen LogP contribution in [-0.4, -0.2) is 55.8 Å². The molecule has 0 unspecified atom stereocenters. The zero-order valence-electron chi connectivity index (χ0n) is 12.3. The van der Waals surface area contributed by atoms with E-state index < -0.39 is 26.4 Å². The SMILES string of the molecule is O=C(CN1CCC[C@H]1CO)Nc1ccccc1S(=O)(=O)C(F)F. The summed E-state index contributed by atoms with van der Waals surface area (Å²) in [5, 5.41) is 11.6. The first-order valence-corrected chi connectivity index (χ1v) is 8.66. The predicted octanol–water partition coefficient (Wildman–Crippen LogP) is 1.08. The van der Waals surface area contributed by atoms with Crippen molar-refractivity contribution >= 4 is 21.4 Å². The summed E-state index contributed by atoms with van der Waals surface area (Å²) in [6, 6.07) is 4.95. The largest absolute Gasteiger partial charge is 0.395 e. The summed E-state index contributed by atoms with van der Waals surface area (Å²) >= 11 is 0. The Labute approximate surface area is 133 Å². The van der Waals surface area contributed by atoms with Gasteiger partial charge in [0.2, 0.25) is 15.7 Å². The van der Waals surface area contributed by atoms with Crippen LogP contribution in [0.1, 0.15) is 12.8 Å². The molecule has 1 aliphatic rings. The Kier molecular flexibility index (Phi) is 5.66. The van der Waals surface area contributed by atoms with Crippen molar-refractivity contribution in [2.45, 2.75) is 29.5 Å². The molecule has 23 heavy (non-hydrogen) atoms. The van der Waals surface area contributed by atoms with E-state index in [0.717, 1.165) is 18.9 Å². The molecule has 0 radical (unpaired) electrons. The van der Waals surface area contributed by atoms with E-state index in [0.29, 0.717) is 6.54 Å². The van der Waals surface area contributed by atoms with Gasteiger partial charge in [0.05, 0.1) is 23.7 Å². The van der Waals surface area contributed by atoms with E-state index in [1.54, 1.807) is 4.90 Å². The van der Waals surface area contributed by atoms with Crippen molar-refractivity contribution in [3.05, 3.63) is 24.3 Å². The second-order valence-corrected chi connectivity index (χ2v) is 7.19. The zero-order chi connectivity index (χ0) is 17.0. The van der Waals surface area contributed by atoms with Crippen molar-refractivity contribution in [1.29, 1.82) is 0 Å². The summed E-state index contributed by atoms with van der Waals surface area (Å²) in [7, 11) is -4.80. The van der Waals surface area contributed by atoms with E-state index >= 15 is 0 Å². The molecule has 1 heterocycles. The summed E-state index contributed by atoms with van der Waals surface area (Å²) in [4.78, 5) is 13.2. The minimum atomic E-state index is -4.80. The second kappa shape index (κ2) is 7.33. The number of hydrogen-bond acceptors (Lipinski definition) is 5. The average molecular weight is 348 g/mol. The summed E-state index contributed by atoms with van der Waals surface area (Å²) < 4.78 is 48.7. The molecule has 0 saturated carbocycles. The average Bonchev–Trinajstić information content (AvgIpc) is 2.94. The van der Waals surface area contributed by atoms with E-state index in [1.807, 2.05) is 0 Å². The zero-order valence-corrected chi connectivity index (χ0v) is 13.1. The van der Waals surface area contributed by atoms with E-state index in [2.05, 4.69) is 5.32 Å². The molecule has 0 aliphatic carbocycles. The van der Waals surface area contributed by atoms with Crippen LogP contribution in [0, 0.1) is 0 Å². The number of amides is 1. The molecule has 1 saturated heterocycles. The van der Waals surface area contributed by atoms with Gasteiger partial charge in [0.25, 0.3) is 0 Å². The second-order valence-electron chi connectivity index (χ2n) is 5.30. The van der Waals surface area contributed by atoms with Crippen molar-refractivity contribution in [2.75, 3.05) is 25.0 Å². The third-order valence-corrected chi connectivity index (χ3v) is 5.20. The maximum Gasteiger partial charge on any atom is 0.341 e. The van der Waals surface area contributed by atoms with Gasteiger partial charge >= 0.3 is 5.76 Å². The number of aliphatic hydroxyl groups is 1. The van der Waals surface area contributed by atoms with Crippen LogP contribution >= 0.6 is 0 Å². The number of nitrogens with one attached hydrogen (secondary N) is 1. The Morgan fingerprint density at radius 2 is 2.09 bits per heavy atom. The molecule has 0 spiro atoms. The molecule has 1 atom stereocenters. The third kappa shape index (κ3) is 4.04. The van der Waals surface area contributed by atoms with Gasteiger partial charge in [0, 0.05) is 6.04 Å². The van der Waals surface area contributed by atoms with Gasteiger partial charge in [-0.2, -0.15) is 8.78 Å². The van der Waals surface area contributed by atoms with Gasteiger partial charge in [0.15, 0.2) is 0 Å². The van der Waals surface area contributed by atoms with Crippen LogP contribution in [0.15, 0.2) is 29.2 Å². The van der Waals surface area contributed by atoms with E-state index in [1.165, 1.54) is 18.2 Å². The Balaban J connectivity index is 2.13. The molecule has 0 bridgehead atoms. The van der Waals surface area contributed by atoms with Crippen molar-refractivity contribution in [2.24, 2.45) is 0 Å². The van der Waals surface area contributed by atoms with Gasteiger partial charge in [-0.05, 0) is 31.5 Å². The molecule has 128 valence electrons. The van der Waals surface area contributed by atoms with Crippen molar-refractivity contribution in [3.63, 3.8) is 0 Å². The van der Waals surface area contributed by atoms with Crippen LogP contribution < -0.4 is 5.32 Å². The predicted molar refractivity (Wildman–Crippen MR) is 79.9 cm³/mol. The highest BCUT2D eigenvalue weighted by atomic mass is 32.2. The summed E-state index contributed by atoms with van der Waals surface area (Å²) in [5.41, 5.74) is -0.169. The first-order chi connectivity index (χ1) is 10.9. The number of alkyl halides is 2. The maximum atomic E-state index is 12.7. The van der Waals surface area contributed by atoms with Gasteiger partial charge in [-0.3, -0.25) is 9.69 Å². The summed E-state index contributed by atoms with van der Waals surface area (Å²) in [5.74, 6) is -4.07. The van der Waals surface area contributed by atoms with E-state index in [-0.39, 0.29) is 24.9 Å². The van der Waals surface area contributed by atoms with Crippen LogP contribution in [0.3, 0.4) is 0 Å². The number of halogens is 2. The van der Waals surface area contributed by atoms with Crippen LogP contribution in [0.2, 0.25) is 0 Å². The lowest BCUT2D eigenvalue weighted by Crippen LogP contribution is -2.38. The molecule has 6 nitrogen and oxygen atoms in total. The van der Waals surface area contributed by atoms with Crippen LogP contribution in [0.5, 0.6) is 0 Å². The van der Waals surface area contributed by atoms with Crippen molar-refractivity contribution < 1.29 is 27.1 Å². The molecule has 2 N–H and O–H groups in total. The molecule has 1 aromatic carbocycles. The van der Waals surface area contributed by atoms with Gasteiger partial charge in [-0.25, -0.2) is 8.42 Å². The number of nitrogens with zero attached hydrogens (tertiary/aromatic N) is 1. The molecule has 1 amide bonds. The molecular formula is C14H18F2N2O4S. The lowest BCUT2D eigenvalue weighted by atomic mass is 10.2. The Morgan fingerprint density at radius 1 is 1.39 bits per heavy atom. The first kappa shape index (κ1) is 17.8. The number of rotatable bonds is 6. The number of likely N-dealkylation sites (tertiary alicyclic amines) is 1. The van der Waals surface area contributed by atoms with Crippen LogP contribution in [-0.2, 0) is 14.6 Å². The van der Waals surface area contributed by atoms with E-state index in [9.17, 15) is 27.1 Å². The highest BCUT2D eigenvalue weighted by Crippen LogP contribution is 2.26. The van der Waals surface area contributed by atoms with Gasteiger partial charge < -0.3 is 10.4 Å². The summed E-state index contributed by atoms with van der Waals surface area (Å²) in [6.45, 7) is 0.549. The number of carbonyl (C=O) groups is 1. The molecule has 0 aromatic heterocycles. The Morgan fingerprint density at radius 3 is 2.74 bits per heavy atom. The molecule has 1 aromatic rings. The lowest BCUT2D eigenvalue weighted by Gasteiger charge is -2.22. The topological polar surface area (TPSA) is 86.7 Å². The Bertz CT molecular complexity index is 666. The fourth-order valence-corrected chi connectivity index (χ4v) is 3.48. The lowest BCUT2D eigenvalue weighted by molar-refractivity contribution is -0.117. The fourth-order valence-electron chi connectivity index (χ4n) is 2.60. The van der Waals surface area contributed by atoms with Crippen LogP contribution in [0.4, 0.5) is 14.5 Å². The number of carbonyl (C=O) groups excluding carboxylic acids is 1. The number of para-hydroxylation sites is 1. The molecular weight excluding hydrogens is 330 g/mol. The molecule has 1 aliphatic heterocycles. The highest BCUT2D eigenvalue weighted by Gasteiger charge is 2.30. The number of hydrogen-bond donors (Lipinski definition) is 2. The van der Waals surface area contributed by atoms with Crippen LogP contribution in [0.25, 0.3) is 0 Å². The third-order valence-electron chi connectivity index (χ3n) is 3.76. The maximum absolute atomic E-state index is 12.7. The molecule has 1 fully saturated rings. The minimum absolute atomic E-state index is 0.0334. The Hall–Kier alpha value is -1.58. The summed E-state index contributed by atoms with van der Waals surface area (Å²) in [6.07, 6.45) is 1.63. The number of anilines is 1. The van der Waals surface area contributed by atoms with Gasteiger partial charge in [-0.1, -0.05) is 12.1 Å². The number of aliphatic hydroxyl groups excluding tert-OH is 1.